The van der Waals surface area contributed by atoms with Gasteiger partial charge in [0.15, 0.2) is 5.82 Å². The number of hydrogen-bond donors (Lipinski definition) is 1. The molecule has 17 heavy (non-hydrogen) atoms. The van der Waals surface area contributed by atoms with Crippen LogP contribution in [0, 0.1) is 12.7 Å². The Morgan fingerprint density at radius 2 is 2.06 bits per heavy atom. The summed E-state index contributed by atoms with van der Waals surface area (Å²) < 4.78 is 18.3. The van der Waals surface area contributed by atoms with Gasteiger partial charge in [-0.25, -0.2) is 4.39 Å². The first-order valence-corrected chi connectivity index (χ1v) is 5.27. The number of aryl methyl sites for hydroxylation is 1. The van der Waals surface area contributed by atoms with Crippen LogP contribution in [0.5, 0.6) is 0 Å². The number of benzene rings is 1. The molecule has 0 aliphatic rings. The Labute approximate surface area is 98.6 Å². The predicted molar refractivity (Wildman–Crippen MR) is 61.6 cm³/mol. The quantitative estimate of drug-likeness (QED) is 0.867. The standard InChI is InChI=1S/C12H14FN3O/c1-7-4-5-8(13)6-9(7)10-15-11(16-17-10)12(2,3)14/h4-6H,14H2,1-3H3. The molecule has 2 N–H and O–H groups in total. The molecule has 0 saturated heterocycles. The third-order valence-corrected chi connectivity index (χ3v) is 2.43. The van der Waals surface area contributed by atoms with Gasteiger partial charge in [-0.15, -0.1) is 0 Å². The van der Waals surface area contributed by atoms with E-state index < -0.39 is 5.54 Å². The first-order valence-electron chi connectivity index (χ1n) is 5.27. The zero-order valence-corrected chi connectivity index (χ0v) is 9.99. The lowest BCUT2D eigenvalue weighted by Gasteiger charge is -2.11. The normalized spacial score (nSPS) is 11.8. The SMILES string of the molecule is Cc1ccc(F)cc1-c1nc(C(C)(C)N)no1. The predicted octanol–water partition coefficient (Wildman–Crippen LogP) is 2.38. The fraction of sp³-hybridized carbons (Fsp3) is 0.333. The van der Waals surface area contributed by atoms with E-state index in [-0.39, 0.29) is 11.7 Å². The largest absolute Gasteiger partial charge is 0.334 e. The highest BCUT2D eigenvalue weighted by atomic mass is 19.1. The van der Waals surface area contributed by atoms with Crippen molar-refractivity contribution in [1.82, 2.24) is 10.1 Å². The number of halogens is 1. The summed E-state index contributed by atoms with van der Waals surface area (Å²) in [7, 11) is 0. The minimum atomic E-state index is -0.678. The zero-order valence-electron chi connectivity index (χ0n) is 9.99. The van der Waals surface area contributed by atoms with E-state index in [9.17, 15) is 4.39 Å². The van der Waals surface area contributed by atoms with E-state index in [0.717, 1.165) is 5.56 Å². The smallest absolute Gasteiger partial charge is 0.258 e. The molecule has 0 bridgehead atoms. The molecule has 4 nitrogen and oxygen atoms in total. The van der Waals surface area contributed by atoms with Crippen LogP contribution in [0.25, 0.3) is 11.5 Å². The van der Waals surface area contributed by atoms with Gasteiger partial charge in [-0.2, -0.15) is 4.98 Å². The van der Waals surface area contributed by atoms with Crippen molar-refractivity contribution in [3.8, 4) is 11.5 Å². The van der Waals surface area contributed by atoms with Crippen LogP contribution in [0.4, 0.5) is 4.39 Å². The Balaban J connectivity index is 2.47. The maximum absolute atomic E-state index is 13.2. The van der Waals surface area contributed by atoms with Crippen LogP contribution in [0.1, 0.15) is 25.2 Å². The summed E-state index contributed by atoms with van der Waals surface area (Å²) in [6.07, 6.45) is 0. The van der Waals surface area contributed by atoms with Crippen LogP contribution in [0.15, 0.2) is 22.7 Å². The van der Waals surface area contributed by atoms with Crippen molar-refractivity contribution in [1.29, 1.82) is 0 Å². The van der Waals surface area contributed by atoms with E-state index in [0.29, 0.717) is 11.4 Å². The first-order chi connectivity index (χ1) is 7.88. The molecule has 0 aliphatic heterocycles. The summed E-state index contributed by atoms with van der Waals surface area (Å²) in [6, 6.07) is 4.43. The summed E-state index contributed by atoms with van der Waals surface area (Å²) in [5, 5.41) is 3.80. The monoisotopic (exact) mass is 235 g/mol. The molecule has 1 aromatic carbocycles. The van der Waals surface area contributed by atoms with Crippen LogP contribution < -0.4 is 5.73 Å². The highest BCUT2D eigenvalue weighted by molar-refractivity contribution is 5.58. The van der Waals surface area contributed by atoms with Gasteiger partial charge >= 0.3 is 0 Å². The molecule has 1 heterocycles. The fourth-order valence-electron chi connectivity index (χ4n) is 1.42. The minimum absolute atomic E-state index is 0.288. The Morgan fingerprint density at radius 3 is 2.65 bits per heavy atom. The molecule has 0 saturated carbocycles. The van der Waals surface area contributed by atoms with Gasteiger partial charge in [-0.3, -0.25) is 0 Å². The third kappa shape index (κ3) is 2.34. The molecule has 90 valence electrons. The van der Waals surface area contributed by atoms with Gasteiger partial charge in [0.1, 0.15) is 5.82 Å². The lowest BCUT2D eigenvalue weighted by atomic mass is 10.1. The zero-order chi connectivity index (χ0) is 12.6. The molecule has 5 heteroatoms. The van der Waals surface area contributed by atoms with Crippen LogP contribution in [0.3, 0.4) is 0 Å². The highest BCUT2D eigenvalue weighted by Crippen LogP contribution is 2.24. The van der Waals surface area contributed by atoms with Crippen LogP contribution in [-0.2, 0) is 5.54 Å². The van der Waals surface area contributed by atoms with Crippen molar-refractivity contribution in [3.63, 3.8) is 0 Å². The third-order valence-electron chi connectivity index (χ3n) is 2.43. The molecule has 2 rings (SSSR count). The van der Waals surface area contributed by atoms with Gasteiger partial charge in [0, 0.05) is 5.56 Å². The number of nitrogens with two attached hydrogens (primary N) is 1. The van der Waals surface area contributed by atoms with Crippen molar-refractivity contribution in [2.45, 2.75) is 26.3 Å². The highest BCUT2D eigenvalue weighted by Gasteiger charge is 2.22. The molecule has 1 aromatic heterocycles. The average Bonchev–Trinajstić information content (AvgIpc) is 2.70. The van der Waals surface area contributed by atoms with E-state index in [1.165, 1.54) is 12.1 Å². The van der Waals surface area contributed by atoms with Gasteiger partial charge in [0.2, 0.25) is 0 Å². The molecule has 0 unspecified atom stereocenters. The van der Waals surface area contributed by atoms with Gasteiger partial charge in [-0.1, -0.05) is 11.2 Å². The Bertz CT molecular complexity index is 543. The van der Waals surface area contributed by atoms with Crippen LogP contribution in [0.2, 0.25) is 0 Å². The van der Waals surface area contributed by atoms with Crippen molar-refractivity contribution in [2.75, 3.05) is 0 Å². The van der Waals surface area contributed by atoms with Gasteiger partial charge in [0.05, 0.1) is 5.54 Å². The summed E-state index contributed by atoms with van der Waals surface area (Å²) in [5.74, 6) is 0.351. The number of hydrogen-bond acceptors (Lipinski definition) is 4. The molecule has 0 amide bonds. The number of aromatic nitrogens is 2. The number of rotatable bonds is 2. The van der Waals surface area contributed by atoms with Gasteiger partial charge in [0.25, 0.3) is 5.89 Å². The minimum Gasteiger partial charge on any atom is -0.334 e. The Kier molecular flexibility index (Phi) is 2.71. The summed E-state index contributed by atoms with van der Waals surface area (Å²) in [4.78, 5) is 4.18. The Hall–Kier alpha value is -1.75. The lowest BCUT2D eigenvalue weighted by molar-refractivity contribution is 0.397. The van der Waals surface area contributed by atoms with Crippen molar-refractivity contribution < 1.29 is 8.91 Å². The lowest BCUT2D eigenvalue weighted by Crippen LogP contribution is -2.30. The molecular formula is C12H14FN3O. The second-order valence-corrected chi connectivity index (χ2v) is 4.60. The average molecular weight is 235 g/mol. The van der Waals surface area contributed by atoms with E-state index in [4.69, 9.17) is 10.3 Å². The van der Waals surface area contributed by atoms with E-state index in [1.54, 1.807) is 19.9 Å². The molecule has 0 fully saturated rings. The molecule has 0 spiro atoms. The Morgan fingerprint density at radius 1 is 1.35 bits per heavy atom. The maximum atomic E-state index is 13.2. The van der Waals surface area contributed by atoms with E-state index >= 15 is 0 Å². The summed E-state index contributed by atoms with van der Waals surface area (Å²) in [6.45, 7) is 5.41. The summed E-state index contributed by atoms with van der Waals surface area (Å²) >= 11 is 0. The first kappa shape index (κ1) is 11.7. The van der Waals surface area contributed by atoms with Crippen LogP contribution >= 0.6 is 0 Å². The van der Waals surface area contributed by atoms with Gasteiger partial charge < -0.3 is 10.3 Å². The number of nitrogens with zero attached hydrogens (tertiary/aromatic N) is 2. The molecule has 0 radical (unpaired) electrons. The van der Waals surface area contributed by atoms with Crippen molar-refractivity contribution in [2.24, 2.45) is 5.73 Å². The second kappa shape index (κ2) is 3.92. The second-order valence-electron chi connectivity index (χ2n) is 4.60. The molecular weight excluding hydrogens is 221 g/mol. The van der Waals surface area contributed by atoms with Crippen molar-refractivity contribution >= 4 is 0 Å². The molecule has 0 atom stereocenters. The topological polar surface area (TPSA) is 64.9 Å². The van der Waals surface area contributed by atoms with Gasteiger partial charge in [-0.05, 0) is 38.5 Å². The molecule has 0 aliphatic carbocycles. The maximum Gasteiger partial charge on any atom is 0.258 e. The fourth-order valence-corrected chi connectivity index (χ4v) is 1.42. The van der Waals surface area contributed by atoms with Crippen molar-refractivity contribution in [3.05, 3.63) is 35.4 Å². The van der Waals surface area contributed by atoms with E-state index in [2.05, 4.69) is 10.1 Å². The molecule has 2 aromatic rings. The van der Waals surface area contributed by atoms with E-state index in [1.807, 2.05) is 6.92 Å². The summed E-state index contributed by atoms with van der Waals surface area (Å²) in [5.41, 5.74) is 6.64. The van der Waals surface area contributed by atoms with Crippen LogP contribution in [-0.4, -0.2) is 10.1 Å².